The second-order valence-electron chi connectivity index (χ2n) is 3.35. The zero-order valence-electron chi connectivity index (χ0n) is 6.31. The van der Waals surface area contributed by atoms with Crippen molar-refractivity contribution in [3.8, 4) is 0 Å². The Balaban J connectivity index is 1.96. The SMILES string of the molecule is CC1CNCC2(CNC2)O1. The molecule has 0 aromatic carbocycles. The van der Waals surface area contributed by atoms with Crippen molar-refractivity contribution < 1.29 is 4.74 Å². The maximum Gasteiger partial charge on any atom is 0.106 e. The fourth-order valence-electron chi connectivity index (χ4n) is 1.63. The van der Waals surface area contributed by atoms with Gasteiger partial charge in [0.15, 0.2) is 0 Å². The molecule has 0 saturated carbocycles. The molecule has 0 bridgehead atoms. The van der Waals surface area contributed by atoms with Crippen molar-refractivity contribution in [1.82, 2.24) is 10.6 Å². The van der Waals surface area contributed by atoms with Gasteiger partial charge < -0.3 is 15.4 Å². The van der Waals surface area contributed by atoms with Gasteiger partial charge in [-0.3, -0.25) is 0 Å². The van der Waals surface area contributed by atoms with Crippen molar-refractivity contribution in [1.29, 1.82) is 0 Å². The van der Waals surface area contributed by atoms with Gasteiger partial charge in [0.1, 0.15) is 5.60 Å². The molecule has 0 aromatic rings. The van der Waals surface area contributed by atoms with Gasteiger partial charge in [0, 0.05) is 26.2 Å². The molecule has 0 aromatic heterocycles. The Bertz CT molecular complexity index is 134. The van der Waals surface area contributed by atoms with Gasteiger partial charge in [0.25, 0.3) is 0 Å². The van der Waals surface area contributed by atoms with E-state index in [9.17, 15) is 0 Å². The monoisotopic (exact) mass is 142 g/mol. The smallest absolute Gasteiger partial charge is 0.106 e. The lowest BCUT2D eigenvalue weighted by Crippen LogP contribution is -2.69. The third kappa shape index (κ3) is 0.944. The van der Waals surface area contributed by atoms with E-state index in [1.54, 1.807) is 0 Å². The van der Waals surface area contributed by atoms with Crippen LogP contribution in [0.3, 0.4) is 0 Å². The predicted octanol–water partition coefficient (Wildman–Crippen LogP) is -0.663. The summed E-state index contributed by atoms with van der Waals surface area (Å²) in [5.74, 6) is 0. The quantitative estimate of drug-likeness (QED) is 0.471. The second-order valence-corrected chi connectivity index (χ2v) is 3.35. The van der Waals surface area contributed by atoms with E-state index >= 15 is 0 Å². The van der Waals surface area contributed by atoms with Gasteiger partial charge in [-0.05, 0) is 6.92 Å². The van der Waals surface area contributed by atoms with Gasteiger partial charge in [-0.15, -0.1) is 0 Å². The van der Waals surface area contributed by atoms with Crippen LogP contribution in [0, 0.1) is 0 Å². The Morgan fingerprint density at radius 1 is 1.30 bits per heavy atom. The largest absolute Gasteiger partial charge is 0.367 e. The highest BCUT2D eigenvalue weighted by Crippen LogP contribution is 2.20. The first-order chi connectivity index (χ1) is 4.81. The maximum absolute atomic E-state index is 5.78. The van der Waals surface area contributed by atoms with Gasteiger partial charge in [-0.2, -0.15) is 0 Å². The van der Waals surface area contributed by atoms with Crippen molar-refractivity contribution >= 4 is 0 Å². The molecular formula is C7H14N2O. The fraction of sp³-hybridized carbons (Fsp3) is 1.00. The minimum atomic E-state index is 0.150. The molecule has 2 aliphatic heterocycles. The molecule has 1 unspecified atom stereocenters. The molecule has 2 saturated heterocycles. The minimum absolute atomic E-state index is 0.150. The van der Waals surface area contributed by atoms with Gasteiger partial charge in [0.2, 0.25) is 0 Å². The summed E-state index contributed by atoms with van der Waals surface area (Å²) < 4.78 is 5.78. The summed E-state index contributed by atoms with van der Waals surface area (Å²) in [4.78, 5) is 0. The van der Waals surface area contributed by atoms with Crippen molar-refractivity contribution in [3.05, 3.63) is 0 Å². The van der Waals surface area contributed by atoms with Gasteiger partial charge in [-0.1, -0.05) is 0 Å². The highest BCUT2D eigenvalue weighted by atomic mass is 16.5. The van der Waals surface area contributed by atoms with Crippen LogP contribution in [0.4, 0.5) is 0 Å². The van der Waals surface area contributed by atoms with E-state index in [1.807, 2.05) is 0 Å². The van der Waals surface area contributed by atoms with Crippen LogP contribution in [0.2, 0.25) is 0 Å². The molecule has 2 heterocycles. The molecule has 3 heteroatoms. The molecule has 58 valence electrons. The van der Waals surface area contributed by atoms with Crippen LogP contribution < -0.4 is 10.6 Å². The average Bonchev–Trinajstić information content (AvgIpc) is 1.85. The Labute approximate surface area is 61.1 Å². The number of hydrogen-bond donors (Lipinski definition) is 2. The van der Waals surface area contributed by atoms with Crippen LogP contribution in [0.1, 0.15) is 6.92 Å². The lowest BCUT2D eigenvalue weighted by molar-refractivity contribution is -0.135. The third-order valence-corrected chi connectivity index (χ3v) is 2.22. The third-order valence-electron chi connectivity index (χ3n) is 2.22. The molecule has 1 spiro atoms. The molecule has 3 nitrogen and oxygen atoms in total. The fourth-order valence-corrected chi connectivity index (χ4v) is 1.63. The van der Waals surface area contributed by atoms with E-state index in [2.05, 4.69) is 17.6 Å². The number of nitrogens with one attached hydrogen (secondary N) is 2. The van der Waals surface area contributed by atoms with Crippen molar-refractivity contribution in [2.75, 3.05) is 26.2 Å². The molecule has 2 rings (SSSR count). The number of morpholine rings is 1. The average molecular weight is 142 g/mol. The summed E-state index contributed by atoms with van der Waals surface area (Å²) in [5.41, 5.74) is 0.150. The molecule has 0 radical (unpaired) electrons. The van der Waals surface area contributed by atoms with Crippen molar-refractivity contribution in [3.63, 3.8) is 0 Å². The van der Waals surface area contributed by atoms with Crippen LogP contribution in [0.15, 0.2) is 0 Å². The van der Waals surface area contributed by atoms with E-state index < -0.39 is 0 Å². The molecule has 0 aliphatic carbocycles. The Hall–Kier alpha value is -0.120. The Morgan fingerprint density at radius 2 is 2.00 bits per heavy atom. The van der Waals surface area contributed by atoms with E-state index in [1.165, 1.54) is 0 Å². The molecular weight excluding hydrogens is 128 g/mol. The van der Waals surface area contributed by atoms with Gasteiger partial charge in [0.05, 0.1) is 6.10 Å². The minimum Gasteiger partial charge on any atom is -0.367 e. The van der Waals surface area contributed by atoms with E-state index in [4.69, 9.17) is 4.74 Å². The number of rotatable bonds is 0. The summed E-state index contributed by atoms with van der Waals surface area (Å²) in [6.07, 6.45) is 0.385. The van der Waals surface area contributed by atoms with E-state index in [-0.39, 0.29) is 5.60 Å². The first kappa shape index (κ1) is 6.58. The summed E-state index contributed by atoms with van der Waals surface area (Å²) in [5, 5.41) is 6.59. The lowest BCUT2D eigenvalue weighted by Gasteiger charge is -2.47. The first-order valence-corrected chi connectivity index (χ1v) is 3.90. The van der Waals surface area contributed by atoms with Crippen LogP contribution >= 0.6 is 0 Å². The lowest BCUT2D eigenvalue weighted by atomic mass is 9.95. The highest BCUT2D eigenvalue weighted by molar-refractivity contribution is 4.99. The molecule has 0 amide bonds. The number of ether oxygens (including phenoxy) is 1. The van der Waals surface area contributed by atoms with Crippen LogP contribution in [-0.2, 0) is 4.74 Å². The zero-order chi connectivity index (χ0) is 7.03. The molecule has 10 heavy (non-hydrogen) atoms. The summed E-state index contributed by atoms with van der Waals surface area (Å²) in [6.45, 7) is 6.17. The summed E-state index contributed by atoms with van der Waals surface area (Å²) in [6, 6.07) is 0. The van der Waals surface area contributed by atoms with E-state index in [0.717, 1.165) is 26.2 Å². The maximum atomic E-state index is 5.78. The van der Waals surface area contributed by atoms with E-state index in [0.29, 0.717) is 6.10 Å². The Kier molecular flexibility index (Phi) is 1.44. The summed E-state index contributed by atoms with van der Waals surface area (Å²) >= 11 is 0. The van der Waals surface area contributed by atoms with Gasteiger partial charge >= 0.3 is 0 Å². The zero-order valence-corrected chi connectivity index (χ0v) is 6.31. The van der Waals surface area contributed by atoms with Crippen LogP contribution in [0.5, 0.6) is 0 Å². The normalized spacial score (nSPS) is 37.5. The molecule has 2 fully saturated rings. The van der Waals surface area contributed by atoms with Crippen LogP contribution in [-0.4, -0.2) is 37.9 Å². The molecule has 2 N–H and O–H groups in total. The topological polar surface area (TPSA) is 33.3 Å². The first-order valence-electron chi connectivity index (χ1n) is 3.90. The van der Waals surface area contributed by atoms with Gasteiger partial charge in [-0.25, -0.2) is 0 Å². The van der Waals surface area contributed by atoms with Crippen molar-refractivity contribution in [2.24, 2.45) is 0 Å². The number of hydrogen-bond acceptors (Lipinski definition) is 3. The standard InChI is InChI=1S/C7H14N2O/c1-6-2-8-3-7(10-6)4-9-5-7/h6,8-9H,2-5H2,1H3. The van der Waals surface area contributed by atoms with Crippen molar-refractivity contribution in [2.45, 2.75) is 18.6 Å². The molecule has 2 aliphatic rings. The summed E-state index contributed by atoms with van der Waals surface area (Å²) in [7, 11) is 0. The Morgan fingerprint density at radius 3 is 2.40 bits per heavy atom. The highest BCUT2D eigenvalue weighted by Gasteiger charge is 2.41. The second kappa shape index (κ2) is 2.19. The predicted molar refractivity (Wildman–Crippen MR) is 39.0 cm³/mol. The van der Waals surface area contributed by atoms with Crippen LogP contribution in [0.25, 0.3) is 0 Å². The molecule has 1 atom stereocenters.